The van der Waals surface area contributed by atoms with Crippen molar-refractivity contribution in [1.82, 2.24) is 14.7 Å². The van der Waals surface area contributed by atoms with Gasteiger partial charge in [0.15, 0.2) is 5.82 Å². The summed E-state index contributed by atoms with van der Waals surface area (Å²) >= 11 is 5.75. The minimum atomic E-state index is -0.541. The van der Waals surface area contributed by atoms with Gasteiger partial charge in [-0.3, -0.25) is 9.48 Å². The Morgan fingerprint density at radius 3 is 2.86 bits per heavy atom. The highest BCUT2D eigenvalue weighted by molar-refractivity contribution is 6.31. The Morgan fingerprint density at radius 1 is 1.25 bits per heavy atom. The molecule has 2 aromatic rings. The Kier molecular flexibility index (Phi) is 5.19. The number of hydrogen-bond acceptors (Lipinski definition) is 4. The van der Waals surface area contributed by atoms with Gasteiger partial charge in [0.05, 0.1) is 36.3 Å². The van der Waals surface area contributed by atoms with Crippen molar-refractivity contribution in [2.24, 2.45) is 5.92 Å². The molecule has 28 heavy (non-hydrogen) atoms. The van der Waals surface area contributed by atoms with Gasteiger partial charge in [-0.1, -0.05) is 11.6 Å². The number of hydrogen-bond donors (Lipinski definition) is 2. The third-order valence-electron chi connectivity index (χ3n) is 4.81. The monoisotopic (exact) mass is 407 g/mol. The zero-order valence-corrected chi connectivity index (χ0v) is 15.7. The van der Waals surface area contributed by atoms with Crippen molar-refractivity contribution >= 4 is 35.0 Å². The van der Waals surface area contributed by atoms with E-state index in [0.717, 1.165) is 5.69 Å². The maximum atomic E-state index is 13.2. The molecule has 1 saturated heterocycles. The van der Waals surface area contributed by atoms with Crippen LogP contribution in [0.25, 0.3) is 0 Å². The van der Waals surface area contributed by atoms with Crippen LogP contribution in [-0.2, 0) is 22.6 Å². The van der Waals surface area contributed by atoms with Gasteiger partial charge in [0.2, 0.25) is 5.91 Å². The van der Waals surface area contributed by atoms with Crippen LogP contribution in [0, 0.1) is 11.7 Å². The van der Waals surface area contributed by atoms with E-state index in [-0.39, 0.29) is 22.9 Å². The van der Waals surface area contributed by atoms with Crippen molar-refractivity contribution in [3.63, 3.8) is 0 Å². The van der Waals surface area contributed by atoms with Gasteiger partial charge >= 0.3 is 6.03 Å². The largest absolute Gasteiger partial charge is 0.381 e. The summed E-state index contributed by atoms with van der Waals surface area (Å²) in [6, 6.07) is 5.47. The fraction of sp³-hybridized carbons (Fsp3) is 0.389. The number of anilines is 2. The van der Waals surface area contributed by atoms with Gasteiger partial charge in [-0.25, -0.2) is 9.18 Å². The number of halogens is 2. The molecule has 3 amide bonds. The average molecular weight is 408 g/mol. The molecule has 2 N–H and O–H groups in total. The number of rotatable bonds is 3. The van der Waals surface area contributed by atoms with Crippen molar-refractivity contribution in [2.45, 2.75) is 19.5 Å². The van der Waals surface area contributed by atoms with Crippen LogP contribution >= 0.6 is 11.6 Å². The number of nitrogens with zero attached hydrogens (tertiary/aromatic N) is 3. The number of fused-ring (bicyclic) bond motifs is 1. The van der Waals surface area contributed by atoms with E-state index in [9.17, 15) is 14.0 Å². The SMILES string of the molecule is O=C(Nc1cc2n(n1)CCN(C(=O)Nc1ccc(F)c(Cl)c1)C2)C1CCOC1. The molecule has 4 rings (SSSR count). The van der Waals surface area contributed by atoms with E-state index in [1.54, 1.807) is 15.6 Å². The van der Waals surface area contributed by atoms with E-state index in [1.807, 2.05) is 0 Å². The number of aromatic nitrogens is 2. The molecule has 1 fully saturated rings. The normalized spacial score (nSPS) is 18.6. The highest BCUT2D eigenvalue weighted by Gasteiger charge is 2.26. The molecule has 2 aliphatic rings. The summed E-state index contributed by atoms with van der Waals surface area (Å²) in [5, 5.41) is 9.86. The van der Waals surface area contributed by atoms with E-state index in [0.29, 0.717) is 50.8 Å². The second kappa shape index (κ2) is 7.76. The van der Waals surface area contributed by atoms with Crippen molar-refractivity contribution in [2.75, 3.05) is 30.4 Å². The first kappa shape index (κ1) is 18.7. The number of ether oxygens (including phenoxy) is 1. The Bertz CT molecular complexity index is 913. The van der Waals surface area contributed by atoms with Crippen LogP contribution in [-0.4, -0.2) is 46.4 Å². The maximum absolute atomic E-state index is 13.2. The molecule has 1 atom stereocenters. The maximum Gasteiger partial charge on any atom is 0.322 e. The van der Waals surface area contributed by atoms with Crippen molar-refractivity contribution in [1.29, 1.82) is 0 Å². The molecule has 1 aromatic carbocycles. The summed E-state index contributed by atoms with van der Waals surface area (Å²) < 4.78 is 20.3. The fourth-order valence-corrected chi connectivity index (χ4v) is 3.43. The minimum absolute atomic E-state index is 0.0532. The zero-order chi connectivity index (χ0) is 19.7. The first-order valence-corrected chi connectivity index (χ1v) is 9.34. The van der Waals surface area contributed by atoms with E-state index < -0.39 is 5.82 Å². The first-order valence-electron chi connectivity index (χ1n) is 8.96. The molecule has 10 heteroatoms. The van der Waals surface area contributed by atoms with E-state index in [4.69, 9.17) is 16.3 Å². The number of urea groups is 1. The lowest BCUT2D eigenvalue weighted by Crippen LogP contribution is -2.40. The molecule has 0 radical (unpaired) electrons. The molecule has 0 spiro atoms. The van der Waals surface area contributed by atoms with Gasteiger partial charge in [-0.2, -0.15) is 5.10 Å². The Balaban J connectivity index is 1.38. The third-order valence-corrected chi connectivity index (χ3v) is 5.10. The predicted molar refractivity (Wildman–Crippen MR) is 101 cm³/mol. The van der Waals surface area contributed by atoms with Gasteiger partial charge in [0.1, 0.15) is 5.82 Å². The van der Waals surface area contributed by atoms with E-state index in [2.05, 4.69) is 15.7 Å². The summed E-state index contributed by atoms with van der Waals surface area (Å²) in [5.41, 5.74) is 1.23. The standard InChI is InChI=1S/C18H19ClFN5O3/c19-14-7-12(1-2-15(14)20)21-18(27)24-4-5-25-13(9-24)8-16(23-25)22-17(26)11-3-6-28-10-11/h1-2,7-8,11H,3-6,9-10H2,(H,21,27)(H,22,23,26). The molecule has 1 aromatic heterocycles. The Morgan fingerprint density at radius 2 is 2.11 bits per heavy atom. The molecular formula is C18H19ClFN5O3. The lowest BCUT2D eigenvalue weighted by Gasteiger charge is -2.27. The Labute approximate surface area is 165 Å². The van der Waals surface area contributed by atoms with Crippen LogP contribution in [0.4, 0.5) is 20.7 Å². The second-order valence-corrected chi connectivity index (χ2v) is 7.18. The molecule has 148 valence electrons. The van der Waals surface area contributed by atoms with E-state index in [1.165, 1.54) is 18.2 Å². The third kappa shape index (κ3) is 3.95. The van der Waals surface area contributed by atoms with Crippen LogP contribution in [0.15, 0.2) is 24.3 Å². The average Bonchev–Trinajstić information content (AvgIpc) is 3.33. The quantitative estimate of drug-likeness (QED) is 0.818. The molecule has 0 aliphatic carbocycles. The smallest absolute Gasteiger partial charge is 0.322 e. The highest BCUT2D eigenvalue weighted by atomic mass is 35.5. The van der Waals surface area contributed by atoms with Crippen LogP contribution < -0.4 is 10.6 Å². The molecule has 0 saturated carbocycles. The van der Waals surface area contributed by atoms with E-state index >= 15 is 0 Å². The summed E-state index contributed by atoms with van der Waals surface area (Å²) in [5.74, 6) is -0.320. The molecule has 3 heterocycles. The van der Waals surface area contributed by atoms with Crippen LogP contribution in [0.3, 0.4) is 0 Å². The lowest BCUT2D eigenvalue weighted by atomic mass is 10.1. The zero-order valence-electron chi connectivity index (χ0n) is 15.0. The van der Waals surface area contributed by atoms with Crippen molar-refractivity contribution in [3.05, 3.63) is 40.8 Å². The Hall–Kier alpha value is -2.65. The van der Waals surface area contributed by atoms with Gasteiger partial charge < -0.3 is 20.3 Å². The van der Waals surface area contributed by atoms with Gasteiger partial charge in [-0.05, 0) is 24.6 Å². The molecular weight excluding hydrogens is 389 g/mol. The summed E-state index contributed by atoms with van der Waals surface area (Å²) in [7, 11) is 0. The number of carbonyl (C=O) groups excluding carboxylic acids is 2. The number of benzene rings is 1. The first-order chi connectivity index (χ1) is 13.5. The molecule has 2 aliphatic heterocycles. The van der Waals surface area contributed by atoms with Crippen molar-refractivity contribution in [3.8, 4) is 0 Å². The minimum Gasteiger partial charge on any atom is -0.381 e. The van der Waals surface area contributed by atoms with Crippen molar-refractivity contribution < 1.29 is 18.7 Å². The summed E-state index contributed by atoms with van der Waals surface area (Å²) in [6.07, 6.45) is 0.709. The molecule has 1 unspecified atom stereocenters. The lowest BCUT2D eigenvalue weighted by molar-refractivity contribution is -0.119. The second-order valence-electron chi connectivity index (χ2n) is 6.77. The highest BCUT2D eigenvalue weighted by Crippen LogP contribution is 2.22. The summed E-state index contributed by atoms with van der Waals surface area (Å²) in [6.45, 7) is 2.34. The topological polar surface area (TPSA) is 88.5 Å². The molecule has 0 bridgehead atoms. The van der Waals surface area contributed by atoms with Crippen LogP contribution in [0.5, 0.6) is 0 Å². The number of amides is 3. The number of carbonyl (C=O) groups is 2. The summed E-state index contributed by atoms with van der Waals surface area (Å²) in [4.78, 5) is 26.3. The van der Waals surface area contributed by atoms with Gasteiger partial charge in [0.25, 0.3) is 0 Å². The number of nitrogens with one attached hydrogen (secondary N) is 2. The van der Waals surface area contributed by atoms with Gasteiger partial charge in [0, 0.05) is 24.9 Å². The van der Waals surface area contributed by atoms with Crippen LogP contribution in [0.1, 0.15) is 12.1 Å². The van der Waals surface area contributed by atoms with Crippen LogP contribution in [0.2, 0.25) is 5.02 Å². The molecule has 8 nitrogen and oxygen atoms in total. The van der Waals surface area contributed by atoms with Gasteiger partial charge in [-0.15, -0.1) is 0 Å². The fourth-order valence-electron chi connectivity index (χ4n) is 3.25. The predicted octanol–water partition coefficient (Wildman–Crippen LogP) is 2.70.